The van der Waals surface area contributed by atoms with Crippen LogP contribution in [0.25, 0.3) is 55.0 Å². The number of pyridine rings is 2. The first-order chi connectivity index (χ1) is 22.6. The molecule has 4 heterocycles. The van der Waals surface area contributed by atoms with Gasteiger partial charge in [-0.3, -0.25) is 9.97 Å². The zero-order valence-electron chi connectivity index (χ0n) is 24.3. The first-order valence-corrected chi connectivity index (χ1v) is 14.6. The third kappa shape index (κ3) is 4.10. The molecule has 0 saturated carbocycles. The predicted molar refractivity (Wildman–Crippen MR) is 170 cm³/mol. The van der Waals surface area contributed by atoms with Crippen LogP contribution in [0.2, 0.25) is 0 Å². The van der Waals surface area contributed by atoms with E-state index in [0.717, 1.165) is 67.9 Å². The predicted octanol–water partition coefficient (Wildman–Crippen LogP) is 10.1. The molecule has 232 valence electrons. The summed E-state index contributed by atoms with van der Waals surface area (Å²) >= 11 is 0. The van der Waals surface area contributed by atoms with Crippen molar-refractivity contribution in [1.29, 1.82) is 0 Å². The molecule has 8 aromatic rings. The van der Waals surface area contributed by atoms with Gasteiger partial charge >= 0.3 is 12.4 Å². The van der Waals surface area contributed by atoms with Crippen molar-refractivity contribution in [3.8, 4) is 11.4 Å². The van der Waals surface area contributed by atoms with E-state index in [4.69, 9.17) is 0 Å². The number of rotatable bonds is 4. The monoisotopic (exact) mass is 636 g/mol. The molecule has 0 aliphatic heterocycles. The van der Waals surface area contributed by atoms with Gasteiger partial charge in [0.1, 0.15) is 0 Å². The van der Waals surface area contributed by atoms with E-state index in [0.29, 0.717) is 11.4 Å². The summed E-state index contributed by atoms with van der Waals surface area (Å²) < 4.78 is 94.1. The SMILES string of the molecule is FC(F)(F)C(c1ccc(-n2c3ccccc3c3cnccc32)cc1)(c1ccc(-n2c3ccccc3c3cnccc32)cc1)C(F)(F)F. The zero-order chi connectivity index (χ0) is 32.6. The summed E-state index contributed by atoms with van der Waals surface area (Å²) in [6, 6.07) is 27.2. The molecule has 0 aliphatic rings. The van der Waals surface area contributed by atoms with E-state index in [1.165, 1.54) is 24.3 Å². The van der Waals surface area contributed by atoms with Crippen molar-refractivity contribution in [1.82, 2.24) is 19.1 Å². The molecule has 4 nitrogen and oxygen atoms in total. The first-order valence-electron chi connectivity index (χ1n) is 14.6. The van der Waals surface area contributed by atoms with Crippen LogP contribution in [0.15, 0.2) is 134 Å². The van der Waals surface area contributed by atoms with Crippen LogP contribution >= 0.6 is 0 Å². The van der Waals surface area contributed by atoms with Gasteiger partial charge in [0.05, 0.1) is 22.1 Å². The van der Waals surface area contributed by atoms with Gasteiger partial charge < -0.3 is 9.13 Å². The molecule has 0 N–H and O–H groups in total. The summed E-state index contributed by atoms with van der Waals surface area (Å²) in [5.41, 5.74) is -2.37. The van der Waals surface area contributed by atoms with Gasteiger partial charge in [-0.1, -0.05) is 60.7 Å². The summed E-state index contributed by atoms with van der Waals surface area (Å²) in [7, 11) is 0. The van der Waals surface area contributed by atoms with Gasteiger partial charge in [-0.05, 0) is 59.7 Å². The van der Waals surface area contributed by atoms with Crippen LogP contribution in [0.5, 0.6) is 0 Å². The molecule has 0 spiro atoms. The number of nitrogens with zero attached hydrogens (tertiary/aromatic N) is 4. The Bertz CT molecular complexity index is 2160. The van der Waals surface area contributed by atoms with Gasteiger partial charge in [0, 0.05) is 57.7 Å². The molecule has 0 atom stereocenters. The highest BCUT2D eigenvalue weighted by Crippen LogP contribution is 2.56. The van der Waals surface area contributed by atoms with Gasteiger partial charge in [-0.15, -0.1) is 0 Å². The average Bonchev–Trinajstić information content (AvgIpc) is 3.58. The van der Waals surface area contributed by atoms with E-state index < -0.39 is 28.9 Å². The number of fused-ring (bicyclic) bond motifs is 6. The van der Waals surface area contributed by atoms with E-state index in [1.807, 2.05) is 48.5 Å². The van der Waals surface area contributed by atoms with Crippen molar-refractivity contribution >= 4 is 43.6 Å². The second kappa shape index (κ2) is 10.2. The fraction of sp³-hybridized carbons (Fsp3) is 0.0811. The Morgan fingerprint density at radius 2 is 0.766 bits per heavy atom. The van der Waals surface area contributed by atoms with Crippen LogP contribution in [0.1, 0.15) is 11.1 Å². The van der Waals surface area contributed by atoms with Crippen molar-refractivity contribution in [3.05, 3.63) is 145 Å². The quantitative estimate of drug-likeness (QED) is 0.180. The lowest BCUT2D eigenvalue weighted by molar-refractivity contribution is -0.288. The lowest BCUT2D eigenvalue weighted by Gasteiger charge is -2.38. The van der Waals surface area contributed by atoms with Gasteiger partial charge in [0.15, 0.2) is 0 Å². The molecule has 0 radical (unpaired) electrons. The van der Waals surface area contributed by atoms with Gasteiger partial charge in [0.25, 0.3) is 0 Å². The topological polar surface area (TPSA) is 35.6 Å². The lowest BCUT2D eigenvalue weighted by Crippen LogP contribution is -2.54. The van der Waals surface area contributed by atoms with Crippen molar-refractivity contribution in [3.63, 3.8) is 0 Å². The molecule has 4 aromatic carbocycles. The maximum absolute atomic E-state index is 15.1. The molecule has 4 aromatic heterocycles. The van der Waals surface area contributed by atoms with E-state index in [-0.39, 0.29) is 0 Å². The van der Waals surface area contributed by atoms with Crippen molar-refractivity contribution in [2.24, 2.45) is 0 Å². The summed E-state index contributed by atoms with van der Waals surface area (Å²) in [6.45, 7) is 0. The third-order valence-corrected chi connectivity index (χ3v) is 8.92. The van der Waals surface area contributed by atoms with Gasteiger partial charge in [-0.2, -0.15) is 26.3 Å². The standard InChI is InChI=1S/C37H22F6N4/c38-36(39,40)35(37(41,42)43,23-9-13-25(14-10-23)46-31-7-3-1-5-27(31)29-21-44-19-17-33(29)46)24-11-15-26(16-12-24)47-32-8-4-2-6-28(32)30-22-45-20-18-34(30)47/h1-22H. The Hall–Kier alpha value is -5.64. The number of halogens is 6. The highest BCUT2D eigenvalue weighted by atomic mass is 19.4. The minimum Gasteiger partial charge on any atom is -0.309 e. The molecule has 0 bridgehead atoms. The molecule has 0 aliphatic carbocycles. The lowest BCUT2D eigenvalue weighted by atomic mass is 9.73. The van der Waals surface area contributed by atoms with Crippen molar-refractivity contribution < 1.29 is 26.3 Å². The highest BCUT2D eigenvalue weighted by Gasteiger charge is 2.72. The Labute approximate surface area is 263 Å². The molecule has 0 saturated heterocycles. The minimum absolute atomic E-state index is 0.417. The minimum atomic E-state index is -5.72. The van der Waals surface area contributed by atoms with Crippen molar-refractivity contribution in [2.45, 2.75) is 17.8 Å². The average molecular weight is 637 g/mol. The summed E-state index contributed by atoms with van der Waals surface area (Å²) in [6.07, 6.45) is -4.90. The number of aromatic nitrogens is 4. The smallest absolute Gasteiger partial charge is 0.309 e. The highest BCUT2D eigenvalue weighted by molar-refractivity contribution is 6.09. The Morgan fingerprint density at radius 1 is 0.404 bits per heavy atom. The van der Waals surface area contributed by atoms with Crippen LogP contribution in [0.3, 0.4) is 0 Å². The maximum atomic E-state index is 15.1. The van der Waals surface area contributed by atoms with E-state index in [2.05, 4.69) is 9.97 Å². The normalized spacial score (nSPS) is 12.9. The summed E-state index contributed by atoms with van der Waals surface area (Å²) in [5.74, 6) is 0. The number of hydrogen-bond donors (Lipinski definition) is 0. The van der Waals surface area contributed by atoms with Gasteiger partial charge in [0.2, 0.25) is 5.41 Å². The Kier molecular flexibility index (Phi) is 6.24. The number of benzene rings is 4. The first kappa shape index (κ1) is 28.8. The Morgan fingerprint density at radius 3 is 1.15 bits per heavy atom. The number of para-hydroxylation sites is 2. The molecule has 47 heavy (non-hydrogen) atoms. The molecule has 0 unspecified atom stereocenters. The van der Waals surface area contributed by atoms with Gasteiger partial charge in [-0.25, -0.2) is 0 Å². The largest absolute Gasteiger partial charge is 0.411 e. The molecule has 0 fully saturated rings. The van der Waals surface area contributed by atoms with Crippen LogP contribution in [-0.2, 0) is 5.41 Å². The van der Waals surface area contributed by atoms with Crippen LogP contribution in [0.4, 0.5) is 26.3 Å². The van der Waals surface area contributed by atoms with Crippen LogP contribution in [-0.4, -0.2) is 31.5 Å². The number of alkyl halides is 6. The fourth-order valence-electron chi connectivity index (χ4n) is 6.89. The molecular weight excluding hydrogens is 614 g/mol. The Balaban J connectivity index is 1.29. The molecule has 10 heteroatoms. The molecule has 0 amide bonds. The maximum Gasteiger partial charge on any atom is 0.411 e. The second-order valence-electron chi connectivity index (χ2n) is 11.3. The number of hydrogen-bond acceptors (Lipinski definition) is 2. The third-order valence-electron chi connectivity index (χ3n) is 8.92. The van der Waals surface area contributed by atoms with E-state index in [9.17, 15) is 0 Å². The second-order valence-corrected chi connectivity index (χ2v) is 11.3. The van der Waals surface area contributed by atoms with E-state index >= 15 is 26.3 Å². The van der Waals surface area contributed by atoms with Crippen molar-refractivity contribution in [2.75, 3.05) is 0 Å². The molecular formula is C37H22F6N4. The summed E-state index contributed by atoms with van der Waals surface area (Å²) in [4.78, 5) is 8.38. The van der Waals surface area contributed by atoms with Crippen LogP contribution in [0, 0.1) is 0 Å². The summed E-state index contributed by atoms with van der Waals surface area (Å²) in [5, 5.41) is 3.34. The van der Waals surface area contributed by atoms with Crippen LogP contribution < -0.4 is 0 Å². The van der Waals surface area contributed by atoms with E-state index in [1.54, 1.807) is 46.1 Å². The fourth-order valence-corrected chi connectivity index (χ4v) is 6.89. The zero-order valence-corrected chi connectivity index (χ0v) is 24.3. The molecule has 8 rings (SSSR count).